The second-order valence-corrected chi connectivity index (χ2v) is 4.82. The summed E-state index contributed by atoms with van der Waals surface area (Å²) >= 11 is 11.7. The van der Waals surface area contributed by atoms with Crippen LogP contribution >= 0.6 is 23.2 Å². The second-order valence-electron chi connectivity index (χ2n) is 3.97. The number of hydrogen-bond acceptors (Lipinski definition) is 3. The lowest BCUT2D eigenvalue weighted by Crippen LogP contribution is -2.35. The molecule has 20 heavy (non-hydrogen) atoms. The van der Waals surface area contributed by atoms with Crippen LogP contribution < -0.4 is 5.32 Å². The van der Waals surface area contributed by atoms with E-state index in [0.29, 0.717) is 22.2 Å². The van der Waals surface area contributed by atoms with E-state index in [-0.39, 0.29) is 5.91 Å². The zero-order valence-corrected chi connectivity index (χ0v) is 12.7. The lowest BCUT2D eigenvalue weighted by atomic mass is 10.2. The fourth-order valence-corrected chi connectivity index (χ4v) is 1.85. The molecule has 0 heterocycles. The minimum absolute atomic E-state index is 0.334. The Bertz CT molecular complexity index is 529. The highest BCUT2D eigenvalue weighted by atomic mass is 35.5. The lowest BCUT2D eigenvalue weighted by molar-refractivity contribution is -0.150. The van der Waals surface area contributed by atoms with Gasteiger partial charge in [-0.3, -0.25) is 4.79 Å². The van der Waals surface area contributed by atoms with Gasteiger partial charge >= 0.3 is 5.97 Å². The average Bonchev–Trinajstić information content (AvgIpc) is 2.37. The molecule has 0 spiro atoms. The number of hydrogen-bond donors (Lipinski definition) is 1. The molecule has 0 saturated carbocycles. The third-order valence-electron chi connectivity index (χ3n) is 2.37. The van der Waals surface area contributed by atoms with Gasteiger partial charge in [0.25, 0.3) is 5.91 Å². The monoisotopic (exact) mass is 315 g/mol. The van der Waals surface area contributed by atoms with E-state index in [2.05, 4.69) is 5.32 Å². The summed E-state index contributed by atoms with van der Waals surface area (Å²) in [7, 11) is 0. The van der Waals surface area contributed by atoms with Crippen molar-refractivity contribution in [2.45, 2.75) is 20.0 Å². The minimum Gasteiger partial charge on any atom is -0.449 e. The molecule has 4 nitrogen and oxygen atoms in total. The highest BCUT2D eigenvalue weighted by molar-refractivity contribution is 6.35. The predicted molar refractivity (Wildman–Crippen MR) is 79.7 cm³/mol. The zero-order valence-electron chi connectivity index (χ0n) is 11.2. The number of nitrogens with one attached hydrogen (secondary N) is 1. The third-order valence-corrected chi connectivity index (χ3v) is 2.94. The van der Waals surface area contributed by atoms with E-state index < -0.39 is 12.1 Å². The Morgan fingerprint density at radius 3 is 2.70 bits per heavy atom. The normalized spacial score (nSPS) is 12.2. The Morgan fingerprint density at radius 1 is 1.40 bits per heavy atom. The SMILES string of the molecule is CCNC(=O)[C@H](C)OC(=O)/C=C/c1ccc(Cl)cc1Cl. The van der Waals surface area contributed by atoms with Gasteiger partial charge in [-0.15, -0.1) is 0 Å². The fraction of sp³-hybridized carbons (Fsp3) is 0.286. The van der Waals surface area contributed by atoms with Crippen molar-refractivity contribution in [1.82, 2.24) is 5.32 Å². The maximum absolute atomic E-state index is 11.6. The van der Waals surface area contributed by atoms with Crippen LogP contribution in [0.2, 0.25) is 10.0 Å². The van der Waals surface area contributed by atoms with Gasteiger partial charge < -0.3 is 10.1 Å². The topological polar surface area (TPSA) is 55.4 Å². The molecule has 1 aromatic rings. The molecular formula is C14H15Cl2NO3. The summed E-state index contributed by atoms with van der Waals surface area (Å²) in [4.78, 5) is 23.0. The summed E-state index contributed by atoms with van der Waals surface area (Å²) in [5.41, 5.74) is 0.638. The van der Waals surface area contributed by atoms with Crippen LogP contribution in [0.4, 0.5) is 0 Å². The maximum Gasteiger partial charge on any atom is 0.331 e. The van der Waals surface area contributed by atoms with Crippen LogP contribution in [0, 0.1) is 0 Å². The first-order valence-electron chi connectivity index (χ1n) is 6.05. The first kappa shape index (κ1) is 16.5. The van der Waals surface area contributed by atoms with Crippen molar-refractivity contribution >= 4 is 41.2 Å². The average molecular weight is 316 g/mol. The number of halogens is 2. The number of rotatable bonds is 5. The molecule has 0 aliphatic rings. The molecular weight excluding hydrogens is 301 g/mol. The number of esters is 1. The van der Waals surface area contributed by atoms with E-state index in [1.165, 1.54) is 19.1 Å². The van der Waals surface area contributed by atoms with Crippen molar-refractivity contribution in [2.24, 2.45) is 0 Å². The third kappa shape index (κ3) is 5.23. The molecule has 108 valence electrons. The molecule has 6 heteroatoms. The Morgan fingerprint density at radius 2 is 2.10 bits per heavy atom. The zero-order chi connectivity index (χ0) is 15.1. The Hall–Kier alpha value is -1.52. The summed E-state index contributed by atoms with van der Waals surface area (Å²) in [5.74, 6) is -0.950. The van der Waals surface area contributed by atoms with Crippen LogP contribution in [-0.4, -0.2) is 24.5 Å². The van der Waals surface area contributed by atoms with Crippen LogP contribution in [0.25, 0.3) is 6.08 Å². The quantitative estimate of drug-likeness (QED) is 0.671. The minimum atomic E-state index is -0.840. The van der Waals surface area contributed by atoms with E-state index in [4.69, 9.17) is 27.9 Å². The molecule has 1 N–H and O–H groups in total. The standard InChI is InChI=1S/C14H15Cl2NO3/c1-3-17-14(19)9(2)20-13(18)7-5-10-4-6-11(15)8-12(10)16/h4-9H,3H2,1-2H3,(H,17,19)/b7-5+/t9-/m0/s1. The Labute approximate surface area is 127 Å². The first-order chi connectivity index (χ1) is 9.43. The second kappa shape index (κ2) is 7.92. The first-order valence-corrected chi connectivity index (χ1v) is 6.81. The number of ether oxygens (including phenoxy) is 1. The van der Waals surface area contributed by atoms with Crippen LogP contribution in [-0.2, 0) is 14.3 Å². The van der Waals surface area contributed by atoms with Crippen molar-refractivity contribution in [1.29, 1.82) is 0 Å². The molecule has 0 radical (unpaired) electrons. The van der Waals surface area contributed by atoms with Crippen molar-refractivity contribution < 1.29 is 14.3 Å². The lowest BCUT2D eigenvalue weighted by Gasteiger charge is -2.10. The molecule has 1 amide bonds. The molecule has 0 bridgehead atoms. The Balaban J connectivity index is 2.61. The van der Waals surface area contributed by atoms with Crippen molar-refractivity contribution in [2.75, 3.05) is 6.54 Å². The molecule has 1 aromatic carbocycles. The number of amides is 1. The molecule has 0 fully saturated rings. The number of carbonyl (C=O) groups is 2. The highest BCUT2D eigenvalue weighted by Crippen LogP contribution is 2.21. The number of likely N-dealkylation sites (N-methyl/N-ethyl adjacent to an activating group) is 1. The van der Waals surface area contributed by atoms with Gasteiger partial charge in [0.05, 0.1) is 0 Å². The van der Waals surface area contributed by atoms with Gasteiger partial charge in [-0.2, -0.15) is 0 Å². The smallest absolute Gasteiger partial charge is 0.331 e. The largest absolute Gasteiger partial charge is 0.449 e. The van der Waals surface area contributed by atoms with Crippen LogP contribution in [0.5, 0.6) is 0 Å². The van der Waals surface area contributed by atoms with Gasteiger partial charge in [0.15, 0.2) is 6.10 Å². The van der Waals surface area contributed by atoms with E-state index >= 15 is 0 Å². The molecule has 0 aliphatic carbocycles. The van der Waals surface area contributed by atoms with Crippen molar-refractivity contribution in [3.05, 3.63) is 39.9 Å². The van der Waals surface area contributed by atoms with Gasteiger partial charge in [-0.25, -0.2) is 4.79 Å². The molecule has 0 aromatic heterocycles. The van der Waals surface area contributed by atoms with Gasteiger partial charge in [-0.05, 0) is 37.6 Å². The number of carbonyl (C=O) groups excluding carboxylic acids is 2. The Kier molecular flexibility index (Phi) is 6.55. The van der Waals surface area contributed by atoms with Gasteiger partial charge in [-0.1, -0.05) is 29.3 Å². The summed E-state index contributed by atoms with van der Waals surface area (Å²) in [6, 6.07) is 4.92. The summed E-state index contributed by atoms with van der Waals surface area (Å²) in [6.45, 7) is 3.78. The summed E-state index contributed by atoms with van der Waals surface area (Å²) < 4.78 is 4.94. The van der Waals surface area contributed by atoms with E-state index in [1.807, 2.05) is 0 Å². The molecule has 1 rings (SSSR count). The van der Waals surface area contributed by atoms with Crippen LogP contribution in [0.15, 0.2) is 24.3 Å². The van der Waals surface area contributed by atoms with E-state index in [9.17, 15) is 9.59 Å². The number of benzene rings is 1. The highest BCUT2D eigenvalue weighted by Gasteiger charge is 2.15. The van der Waals surface area contributed by atoms with E-state index in [1.54, 1.807) is 25.1 Å². The van der Waals surface area contributed by atoms with Gasteiger partial charge in [0, 0.05) is 22.7 Å². The van der Waals surface area contributed by atoms with Crippen molar-refractivity contribution in [3.63, 3.8) is 0 Å². The summed E-state index contributed by atoms with van der Waals surface area (Å²) in [5, 5.41) is 3.51. The summed E-state index contributed by atoms with van der Waals surface area (Å²) in [6.07, 6.45) is 1.88. The van der Waals surface area contributed by atoms with E-state index in [0.717, 1.165) is 0 Å². The van der Waals surface area contributed by atoms with Crippen molar-refractivity contribution in [3.8, 4) is 0 Å². The molecule has 0 unspecified atom stereocenters. The molecule has 0 saturated heterocycles. The predicted octanol–water partition coefficient (Wildman–Crippen LogP) is 3.07. The molecule has 0 aliphatic heterocycles. The van der Waals surface area contributed by atoms with Gasteiger partial charge in [0.1, 0.15) is 0 Å². The van der Waals surface area contributed by atoms with Crippen LogP contribution in [0.1, 0.15) is 19.4 Å². The van der Waals surface area contributed by atoms with Crippen LogP contribution in [0.3, 0.4) is 0 Å². The van der Waals surface area contributed by atoms with Gasteiger partial charge in [0.2, 0.25) is 0 Å². The maximum atomic E-state index is 11.6. The fourth-order valence-electron chi connectivity index (χ4n) is 1.38. The molecule has 1 atom stereocenters.